The number of rotatable bonds is 4. The first-order chi connectivity index (χ1) is 6.63. The Labute approximate surface area is 88.8 Å². The molecular weight excluding hydrogens is 200 g/mol. The fraction of sp³-hybridized carbons (Fsp3) is 0.364. The van der Waals surface area contributed by atoms with Crippen molar-refractivity contribution >= 4 is 17.4 Å². The van der Waals surface area contributed by atoms with E-state index in [0.717, 1.165) is 5.56 Å². The van der Waals surface area contributed by atoms with Gasteiger partial charge in [-0.1, -0.05) is 18.5 Å². The highest BCUT2D eigenvalue weighted by Gasteiger charge is 2.01. The summed E-state index contributed by atoms with van der Waals surface area (Å²) >= 11 is 5.85. The predicted octanol–water partition coefficient (Wildman–Crippen LogP) is 3.01. The first-order valence-electron chi connectivity index (χ1n) is 4.54. The van der Waals surface area contributed by atoms with E-state index in [1.165, 1.54) is 0 Å². The minimum Gasteiger partial charge on any atom is -0.486 e. The lowest BCUT2D eigenvalue weighted by Crippen LogP contribution is -2.09. The summed E-state index contributed by atoms with van der Waals surface area (Å²) in [6, 6.07) is 5.35. The molecule has 14 heavy (non-hydrogen) atoms. The molecule has 0 amide bonds. The number of halogens is 1. The van der Waals surface area contributed by atoms with Gasteiger partial charge in [-0.05, 0) is 30.7 Å². The molecule has 0 aliphatic carbocycles. The van der Waals surface area contributed by atoms with Crippen LogP contribution in [0.3, 0.4) is 0 Å². The molecule has 0 unspecified atom stereocenters. The third kappa shape index (κ3) is 3.04. The number of hydrogen-bond acceptors (Lipinski definition) is 2. The summed E-state index contributed by atoms with van der Waals surface area (Å²) in [5, 5.41) is 0.708. The van der Waals surface area contributed by atoms with Gasteiger partial charge in [0.1, 0.15) is 12.4 Å². The van der Waals surface area contributed by atoms with Crippen molar-refractivity contribution in [1.82, 2.24) is 0 Å². The molecule has 76 valence electrons. The Morgan fingerprint density at radius 2 is 2.21 bits per heavy atom. The Kier molecular flexibility index (Phi) is 3.96. The molecule has 0 fully saturated rings. The van der Waals surface area contributed by atoms with E-state index in [1.54, 1.807) is 12.1 Å². The molecule has 0 radical (unpaired) electrons. The predicted molar refractivity (Wildman–Crippen MR) is 57.0 cm³/mol. The summed E-state index contributed by atoms with van der Waals surface area (Å²) in [7, 11) is 0. The number of ketones is 1. The van der Waals surface area contributed by atoms with Crippen molar-refractivity contribution in [1.29, 1.82) is 0 Å². The Morgan fingerprint density at radius 1 is 1.50 bits per heavy atom. The molecule has 1 aromatic carbocycles. The van der Waals surface area contributed by atoms with Crippen LogP contribution in [0.1, 0.15) is 18.9 Å². The Hall–Kier alpha value is -1.02. The van der Waals surface area contributed by atoms with Crippen LogP contribution in [-0.4, -0.2) is 12.4 Å². The van der Waals surface area contributed by atoms with Gasteiger partial charge in [-0.3, -0.25) is 4.79 Å². The molecule has 0 bridgehead atoms. The summed E-state index contributed by atoms with van der Waals surface area (Å²) in [5.41, 5.74) is 0.952. The molecule has 0 N–H and O–H groups in total. The van der Waals surface area contributed by atoms with E-state index in [0.29, 0.717) is 17.2 Å². The van der Waals surface area contributed by atoms with Crippen molar-refractivity contribution in [2.45, 2.75) is 20.3 Å². The second-order valence-corrected chi connectivity index (χ2v) is 3.50. The van der Waals surface area contributed by atoms with Crippen molar-refractivity contribution in [2.24, 2.45) is 0 Å². The molecule has 1 aromatic rings. The highest BCUT2D eigenvalue weighted by atomic mass is 35.5. The van der Waals surface area contributed by atoms with Crippen molar-refractivity contribution in [2.75, 3.05) is 6.61 Å². The smallest absolute Gasteiger partial charge is 0.169 e. The summed E-state index contributed by atoms with van der Waals surface area (Å²) in [4.78, 5) is 11.0. The number of carbonyl (C=O) groups is 1. The zero-order valence-corrected chi connectivity index (χ0v) is 9.10. The summed E-state index contributed by atoms with van der Waals surface area (Å²) in [6.07, 6.45) is 0.507. The molecule has 0 atom stereocenters. The van der Waals surface area contributed by atoms with Crippen LogP contribution in [0.4, 0.5) is 0 Å². The third-order valence-corrected chi connectivity index (χ3v) is 2.35. The molecule has 2 nitrogen and oxygen atoms in total. The molecule has 0 saturated carbocycles. The minimum absolute atomic E-state index is 0.0950. The van der Waals surface area contributed by atoms with E-state index in [1.807, 2.05) is 19.9 Å². The van der Waals surface area contributed by atoms with Crippen LogP contribution in [0.5, 0.6) is 5.75 Å². The van der Waals surface area contributed by atoms with Gasteiger partial charge in [0.25, 0.3) is 0 Å². The third-order valence-electron chi connectivity index (χ3n) is 1.92. The molecule has 0 heterocycles. The van der Waals surface area contributed by atoms with Gasteiger partial charge in [-0.25, -0.2) is 0 Å². The zero-order chi connectivity index (χ0) is 10.6. The van der Waals surface area contributed by atoms with Crippen LogP contribution >= 0.6 is 11.6 Å². The maximum atomic E-state index is 11.0. The fourth-order valence-electron chi connectivity index (χ4n) is 0.973. The lowest BCUT2D eigenvalue weighted by Gasteiger charge is -2.05. The van der Waals surface area contributed by atoms with Crippen LogP contribution < -0.4 is 4.74 Å². The van der Waals surface area contributed by atoms with Crippen LogP contribution in [0.2, 0.25) is 5.02 Å². The minimum atomic E-state index is 0.0950. The number of carbonyl (C=O) groups excluding carboxylic acids is 1. The average Bonchev–Trinajstić information content (AvgIpc) is 2.19. The number of aryl methyl sites for hydroxylation is 1. The van der Waals surface area contributed by atoms with Crippen molar-refractivity contribution < 1.29 is 9.53 Å². The van der Waals surface area contributed by atoms with Gasteiger partial charge in [0, 0.05) is 11.4 Å². The first-order valence-corrected chi connectivity index (χ1v) is 4.92. The van der Waals surface area contributed by atoms with Crippen LogP contribution in [0.15, 0.2) is 18.2 Å². The Morgan fingerprint density at radius 3 is 2.79 bits per heavy atom. The standard InChI is InChI=1S/C11H13ClO2/c1-3-9(13)7-14-10-4-5-11(12)8(2)6-10/h4-6H,3,7H2,1-2H3. The Bertz CT molecular complexity index is 334. The molecule has 0 aliphatic rings. The second kappa shape index (κ2) is 5.01. The van der Waals surface area contributed by atoms with E-state index in [4.69, 9.17) is 16.3 Å². The maximum absolute atomic E-state index is 11.0. The van der Waals surface area contributed by atoms with Gasteiger partial charge in [0.2, 0.25) is 0 Å². The van der Waals surface area contributed by atoms with E-state index in [2.05, 4.69) is 0 Å². The van der Waals surface area contributed by atoms with Crippen molar-refractivity contribution in [3.63, 3.8) is 0 Å². The van der Waals surface area contributed by atoms with Gasteiger partial charge in [-0.15, -0.1) is 0 Å². The first kappa shape index (κ1) is 11.1. The largest absolute Gasteiger partial charge is 0.486 e. The molecule has 3 heteroatoms. The number of benzene rings is 1. The highest BCUT2D eigenvalue weighted by molar-refractivity contribution is 6.31. The van der Waals surface area contributed by atoms with Gasteiger partial charge in [-0.2, -0.15) is 0 Å². The topological polar surface area (TPSA) is 26.3 Å². The average molecular weight is 213 g/mol. The van der Waals surface area contributed by atoms with Crippen molar-refractivity contribution in [3.05, 3.63) is 28.8 Å². The van der Waals surface area contributed by atoms with Crippen LogP contribution in [0.25, 0.3) is 0 Å². The van der Waals surface area contributed by atoms with Gasteiger partial charge in [0.15, 0.2) is 5.78 Å². The summed E-state index contributed by atoms with van der Waals surface area (Å²) in [6.45, 7) is 3.85. The van der Waals surface area contributed by atoms with E-state index in [9.17, 15) is 4.79 Å². The molecule has 0 spiro atoms. The lowest BCUT2D eigenvalue weighted by atomic mass is 10.2. The van der Waals surface area contributed by atoms with Gasteiger partial charge in [0.05, 0.1) is 0 Å². The zero-order valence-electron chi connectivity index (χ0n) is 8.34. The van der Waals surface area contributed by atoms with E-state index < -0.39 is 0 Å². The maximum Gasteiger partial charge on any atom is 0.169 e. The molecule has 1 rings (SSSR count). The van der Waals surface area contributed by atoms with Gasteiger partial charge >= 0.3 is 0 Å². The lowest BCUT2D eigenvalue weighted by molar-refractivity contribution is -0.120. The van der Waals surface area contributed by atoms with Crippen LogP contribution in [0, 0.1) is 6.92 Å². The van der Waals surface area contributed by atoms with Gasteiger partial charge < -0.3 is 4.74 Å². The molecule has 0 aliphatic heterocycles. The molecular formula is C11H13ClO2. The number of Topliss-reactive ketones (excluding diaryl/α,β-unsaturated/α-hetero) is 1. The number of hydrogen-bond donors (Lipinski definition) is 0. The fourth-order valence-corrected chi connectivity index (χ4v) is 1.09. The monoisotopic (exact) mass is 212 g/mol. The molecule has 0 aromatic heterocycles. The van der Waals surface area contributed by atoms with E-state index in [-0.39, 0.29) is 12.4 Å². The Balaban J connectivity index is 2.60. The second-order valence-electron chi connectivity index (χ2n) is 3.09. The van der Waals surface area contributed by atoms with Crippen molar-refractivity contribution in [3.8, 4) is 5.75 Å². The van der Waals surface area contributed by atoms with E-state index >= 15 is 0 Å². The SMILES string of the molecule is CCC(=O)COc1ccc(Cl)c(C)c1. The molecule has 0 saturated heterocycles. The summed E-state index contributed by atoms with van der Waals surface area (Å²) < 4.78 is 5.29. The normalized spacial score (nSPS) is 9.93. The van der Waals surface area contributed by atoms with Crippen LogP contribution in [-0.2, 0) is 4.79 Å². The quantitative estimate of drug-likeness (QED) is 0.767. The highest BCUT2D eigenvalue weighted by Crippen LogP contribution is 2.20. The number of ether oxygens (including phenoxy) is 1. The summed E-state index contributed by atoms with van der Waals surface area (Å²) in [5.74, 6) is 0.784.